The van der Waals surface area contributed by atoms with Crippen LogP contribution in [0.5, 0.6) is 0 Å². The SMILES string of the molecule is Cc1cc(NC(=O)CCn2cc(CCCN)nn2)no1. The summed E-state index contributed by atoms with van der Waals surface area (Å²) in [6, 6.07) is 1.66. The van der Waals surface area contributed by atoms with E-state index in [1.165, 1.54) is 0 Å². The monoisotopic (exact) mass is 278 g/mol. The summed E-state index contributed by atoms with van der Waals surface area (Å²) < 4.78 is 6.52. The second-order valence-electron chi connectivity index (χ2n) is 4.49. The average molecular weight is 278 g/mol. The van der Waals surface area contributed by atoms with Crippen molar-refractivity contribution in [2.45, 2.75) is 32.7 Å². The van der Waals surface area contributed by atoms with Crippen LogP contribution in [0.15, 0.2) is 16.8 Å². The molecule has 2 aromatic rings. The van der Waals surface area contributed by atoms with Crippen LogP contribution in [0.1, 0.15) is 24.3 Å². The van der Waals surface area contributed by atoms with Gasteiger partial charge < -0.3 is 15.6 Å². The molecule has 2 aromatic heterocycles. The molecule has 108 valence electrons. The van der Waals surface area contributed by atoms with Crippen LogP contribution in [0.25, 0.3) is 0 Å². The Morgan fingerprint density at radius 3 is 3.10 bits per heavy atom. The Labute approximate surface area is 116 Å². The summed E-state index contributed by atoms with van der Waals surface area (Å²) in [6.07, 6.45) is 3.82. The van der Waals surface area contributed by atoms with Crippen LogP contribution >= 0.6 is 0 Å². The molecule has 0 aliphatic rings. The van der Waals surface area contributed by atoms with Gasteiger partial charge in [0.2, 0.25) is 5.91 Å². The van der Waals surface area contributed by atoms with Gasteiger partial charge in [-0.3, -0.25) is 9.48 Å². The fourth-order valence-corrected chi connectivity index (χ4v) is 1.69. The highest BCUT2D eigenvalue weighted by molar-refractivity contribution is 5.89. The summed E-state index contributed by atoms with van der Waals surface area (Å²) in [5.41, 5.74) is 6.33. The van der Waals surface area contributed by atoms with E-state index in [-0.39, 0.29) is 5.91 Å². The maximum Gasteiger partial charge on any atom is 0.227 e. The number of nitrogens with two attached hydrogens (primary N) is 1. The van der Waals surface area contributed by atoms with Crippen LogP contribution in [-0.2, 0) is 17.8 Å². The molecule has 0 bridgehead atoms. The lowest BCUT2D eigenvalue weighted by Gasteiger charge is -2.00. The van der Waals surface area contributed by atoms with Gasteiger partial charge in [0.1, 0.15) is 5.76 Å². The maximum atomic E-state index is 11.7. The number of hydrogen-bond acceptors (Lipinski definition) is 6. The van der Waals surface area contributed by atoms with Crippen molar-refractivity contribution in [2.75, 3.05) is 11.9 Å². The van der Waals surface area contributed by atoms with Gasteiger partial charge in [0.15, 0.2) is 5.82 Å². The van der Waals surface area contributed by atoms with E-state index in [1.54, 1.807) is 17.7 Å². The van der Waals surface area contributed by atoms with Crippen LogP contribution in [0.2, 0.25) is 0 Å². The molecule has 0 saturated heterocycles. The van der Waals surface area contributed by atoms with Crippen molar-refractivity contribution in [1.82, 2.24) is 20.2 Å². The van der Waals surface area contributed by atoms with Crippen molar-refractivity contribution >= 4 is 11.7 Å². The standard InChI is InChI=1S/C12H18N6O2/c1-9-7-11(16-20-9)14-12(19)4-6-18-8-10(15-17-18)3-2-5-13/h7-8H,2-6,13H2,1H3,(H,14,16,19). The molecule has 0 aromatic carbocycles. The zero-order valence-electron chi connectivity index (χ0n) is 11.4. The lowest BCUT2D eigenvalue weighted by Crippen LogP contribution is -2.15. The third-order valence-electron chi connectivity index (χ3n) is 2.69. The van der Waals surface area contributed by atoms with Crippen molar-refractivity contribution in [3.63, 3.8) is 0 Å². The molecule has 0 saturated carbocycles. The summed E-state index contributed by atoms with van der Waals surface area (Å²) in [5, 5.41) is 14.3. The van der Waals surface area contributed by atoms with Gasteiger partial charge in [-0.25, -0.2) is 0 Å². The summed E-state index contributed by atoms with van der Waals surface area (Å²) >= 11 is 0. The normalized spacial score (nSPS) is 10.7. The fourth-order valence-electron chi connectivity index (χ4n) is 1.69. The van der Waals surface area contributed by atoms with E-state index >= 15 is 0 Å². The largest absolute Gasteiger partial charge is 0.360 e. The molecule has 0 radical (unpaired) electrons. The van der Waals surface area contributed by atoms with Crippen molar-refractivity contribution in [2.24, 2.45) is 5.73 Å². The molecule has 8 heteroatoms. The number of carbonyl (C=O) groups is 1. The first kappa shape index (κ1) is 14.2. The number of amides is 1. The molecule has 0 aliphatic carbocycles. The van der Waals surface area contributed by atoms with Crippen LogP contribution in [-0.4, -0.2) is 32.6 Å². The van der Waals surface area contributed by atoms with Crippen molar-refractivity contribution < 1.29 is 9.32 Å². The van der Waals surface area contributed by atoms with Gasteiger partial charge in [-0.15, -0.1) is 5.10 Å². The number of carbonyl (C=O) groups excluding carboxylic acids is 1. The molecule has 0 unspecified atom stereocenters. The minimum Gasteiger partial charge on any atom is -0.360 e. The first-order chi connectivity index (χ1) is 9.67. The molecule has 0 fully saturated rings. The zero-order chi connectivity index (χ0) is 14.4. The van der Waals surface area contributed by atoms with Gasteiger partial charge in [0, 0.05) is 18.7 Å². The molecule has 3 N–H and O–H groups in total. The summed E-state index contributed by atoms with van der Waals surface area (Å²) in [7, 11) is 0. The molecular weight excluding hydrogens is 260 g/mol. The van der Waals surface area contributed by atoms with Crippen LogP contribution < -0.4 is 11.1 Å². The second kappa shape index (κ2) is 6.80. The minimum absolute atomic E-state index is 0.141. The Morgan fingerprint density at radius 1 is 1.55 bits per heavy atom. The van der Waals surface area contributed by atoms with Crippen LogP contribution in [0, 0.1) is 6.92 Å². The molecule has 2 heterocycles. The average Bonchev–Trinajstić information content (AvgIpc) is 3.03. The molecule has 0 atom stereocenters. The molecule has 0 spiro atoms. The number of aromatic nitrogens is 4. The van der Waals surface area contributed by atoms with E-state index < -0.39 is 0 Å². The molecule has 2 rings (SSSR count). The number of rotatable bonds is 7. The van der Waals surface area contributed by atoms with E-state index in [2.05, 4.69) is 20.8 Å². The summed E-state index contributed by atoms with van der Waals surface area (Å²) in [6.45, 7) is 2.87. The summed E-state index contributed by atoms with van der Waals surface area (Å²) in [4.78, 5) is 11.7. The number of nitrogens with one attached hydrogen (secondary N) is 1. The van der Waals surface area contributed by atoms with Gasteiger partial charge in [-0.1, -0.05) is 10.4 Å². The van der Waals surface area contributed by atoms with E-state index in [0.717, 1.165) is 18.5 Å². The Balaban J connectivity index is 1.76. The van der Waals surface area contributed by atoms with Crippen LogP contribution in [0.3, 0.4) is 0 Å². The number of nitrogens with zero attached hydrogens (tertiary/aromatic N) is 4. The Hall–Kier alpha value is -2.22. The van der Waals surface area contributed by atoms with Crippen molar-refractivity contribution in [3.05, 3.63) is 23.7 Å². The van der Waals surface area contributed by atoms with Gasteiger partial charge in [0.25, 0.3) is 0 Å². The smallest absolute Gasteiger partial charge is 0.227 e. The first-order valence-electron chi connectivity index (χ1n) is 6.49. The van der Waals surface area contributed by atoms with Crippen molar-refractivity contribution in [3.8, 4) is 0 Å². The fraction of sp³-hybridized carbons (Fsp3) is 0.500. The van der Waals surface area contributed by atoms with Gasteiger partial charge in [0.05, 0.1) is 12.2 Å². The molecule has 0 aliphatic heterocycles. The molecule has 20 heavy (non-hydrogen) atoms. The third kappa shape index (κ3) is 4.16. The predicted molar refractivity (Wildman–Crippen MR) is 71.9 cm³/mol. The van der Waals surface area contributed by atoms with E-state index in [1.807, 2.05) is 6.20 Å². The first-order valence-corrected chi connectivity index (χ1v) is 6.49. The molecule has 8 nitrogen and oxygen atoms in total. The predicted octanol–water partition coefficient (Wildman–Crippen LogP) is 0.495. The van der Waals surface area contributed by atoms with Gasteiger partial charge in [-0.05, 0) is 26.3 Å². The maximum absolute atomic E-state index is 11.7. The Bertz CT molecular complexity index is 562. The number of hydrogen-bond donors (Lipinski definition) is 2. The quantitative estimate of drug-likeness (QED) is 0.762. The third-order valence-corrected chi connectivity index (χ3v) is 2.69. The topological polar surface area (TPSA) is 112 Å². The van der Waals surface area contributed by atoms with Gasteiger partial charge in [-0.2, -0.15) is 0 Å². The number of aryl methyl sites for hydroxylation is 3. The summed E-state index contributed by atoms with van der Waals surface area (Å²) in [5.74, 6) is 0.938. The van der Waals surface area contributed by atoms with Gasteiger partial charge >= 0.3 is 0 Å². The Kier molecular flexibility index (Phi) is 4.83. The van der Waals surface area contributed by atoms with E-state index in [0.29, 0.717) is 31.1 Å². The zero-order valence-corrected chi connectivity index (χ0v) is 11.4. The van der Waals surface area contributed by atoms with Crippen molar-refractivity contribution in [1.29, 1.82) is 0 Å². The molecule has 1 amide bonds. The lowest BCUT2D eigenvalue weighted by molar-refractivity contribution is -0.116. The highest BCUT2D eigenvalue weighted by Crippen LogP contribution is 2.07. The lowest BCUT2D eigenvalue weighted by atomic mass is 10.2. The second-order valence-corrected chi connectivity index (χ2v) is 4.49. The van der Waals surface area contributed by atoms with E-state index in [4.69, 9.17) is 10.3 Å². The van der Waals surface area contributed by atoms with E-state index in [9.17, 15) is 4.79 Å². The van der Waals surface area contributed by atoms with Crippen LogP contribution in [0.4, 0.5) is 5.82 Å². The Morgan fingerprint density at radius 2 is 2.40 bits per heavy atom. The minimum atomic E-state index is -0.141. The molecular formula is C12H18N6O2. The highest BCUT2D eigenvalue weighted by atomic mass is 16.5. The number of anilines is 1. The highest BCUT2D eigenvalue weighted by Gasteiger charge is 2.07.